The van der Waals surface area contributed by atoms with Crippen molar-refractivity contribution < 1.29 is 4.74 Å². The second kappa shape index (κ2) is 3.93. The average Bonchev–Trinajstić information content (AvgIpc) is 2.18. The molecule has 0 unspecified atom stereocenters. The lowest BCUT2D eigenvalue weighted by molar-refractivity contribution is 0.245. The van der Waals surface area contributed by atoms with Gasteiger partial charge in [-0.1, -0.05) is 6.07 Å². The predicted molar refractivity (Wildman–Crippen MR) is 65.7 cm³/mol. The molecule has 0 amide bonds. The lowest BCUT2D eigenvalue weighted by atomic mass is 9.92. The summed E-state index contributed by atoms with van der Waals surface area (Å²) in [6.45, 7) is 4.07. The number of benzene rings is 1. The van der Waals surface area contributed by atoms with Crippen LogP contribution in [0.1, 0.15) is 13.8 Å². The first kappa shape index (κ1) is 10.0. The van der Waals surface area contributed by atoms with Gasteiger partial charge in [-0.3, -0.25) is 4.98 Å². The molecule has 2 aromatic rings. The van der Waals surface area contributed by atoms with Gasteiger partial charge >= 0.3 is 0 Å². The summed E-state index contributed by atoms with van der Waals surface area (Å²) in [6, 6.07) is 6.20. The molecular formula is C12H14BNO. The Bertz CT molecular complexity index is 482. The van der Waals surface area contributed by atoms with E-state index in [4.69, 9.17) is 4.74 Å². The zero-order valence-electron chi connectivity index (χ0n) is 9.32. The molecule has 0 spiro atoms. The van der Waals surface area contributed by atoms with Crippen LogP contribution in [0.2, 0.25) is 0 Å². The Balaban J connectivity index is 2.52. The Morgan fingerprint density at radius 3 is 2.80 bits per heavy atom. The third-order valence-corrected chi connectivity index (χ3v) is 2.30. The summed E-state index contributed by atoms with van der Waals surface area (Å²) in [5, 5.41) is 2.33. The van der Waals surface area contributed by atoms with E-state index in [1.54, 1.807) is 0 Å². The molecule has 2 rings (SSSR count). The highest BCUT2D eigenvalue weighted by Gasteiger charge is 2.03. The standard InChI is InChI=1S/C12H14BNO/c1-8(2)15-12-6-10-7-14-4-3-9(10)5-11(12)13/h3-8H,13H2,1-2H3. The van der Waals surface area contributed by atoms with Gasteiger partial charge in [-0.25, -0.2) is 0 Å². The van der Waals surface area contributed by atoms with E-state index in [1.807, 2.05) is 32.3 Å². The Kier molecular flexibility index (Phi) is 2.63. The summed E-state index contributed by atoms with van der Waals surface area (Å²) in [6.07, 6.45) is 3.88. The summed E-state index contributed by atoms with van der Waals surface area (Å²) < 4.78 is 5.73. The van der Waals surface area contributed by atoms with Gasteiger partial charge in [0.1, 0.15) is 13.6 Å². The lowest BCUT2D eigenvalue weighted by Crippen LogP contribution is -2.14. The molecule has 0 fully saturated rings. The minimum Gasteiger partial charge on any atom is -0.492 e. The second-order valence-corrected chi connectivity index (χ2v) is 4.01. The molecule has 0 aliphatic rings. The maximum absolute atomic E-state index is 5.73. The van der Waals surface area contributed by atoms with E-state index in [0.29, 0.717) is 0 Å². The minimum absolute atomic E-state index is 0.206. The monoisotopic (exact) mass is 199 g/mol. The normalized spacial score (nSPS) is 10.9. The van der Waals surface area contributed by atoms with Gasteiger partial charge in [0, 0.05) is 17.8 Å². The van der Waals surface area contributed by atoms with Gasteiger partial charge in [0.05, 0.1) is 6.10 Å². The highest BCUT2D eigenvalue weighted by Crippen LogP contribution is 2.18. The quantitative estimate of drug-likeness (QED) is 0.679. The van der Waals surface area contributed by atoms with E-state index in [1.165, 1.54) is 10.8 Å². The molecule has 0 atom stereocenters. The van der Waals surface area contributed by atoms with Gasteiger partial charge in [0.15, 0.2) is 0 Å². The molecule has 0 bridgehead atoms. The number of hydrogen-bond acceptors (Lipinski definition) is 2. The van der Waals surface area contributed by atoms with Crippen LogP contribution in [-0.2, 0) is 0 Å². The van der Waals surface area contributed by atoms with Crippen molar-refractivity contribution in [2.24, 2.45) is 0 Å². The Morgan fingerprint density at radius 2 is 2.07 bits per heavy atom. The number of aromatic nitrogens is 1. The topological polar surface area (TPSA) is 22.1 Å². The molecule has 0 saturated carbocycles. The van der Waals surface area contributed by atoms with E-state index < -0.39 is 0 Å². The van der Waals surface area contributed by atoms with Crippen molar-refractivity contribution in [2.45, 2.75) is 20.0 Å². The first-order valence-corrected chi connectivity index (χ1v) is 5.18. The zero-order valence-corrected chi connectivity index (χ0v) is 9.32. The zero-order chi connectivity index (χ0) is 10.8. The molecule has 3 heteroatoms. The number of hydrogen-bond donors (Lipinski definition) is 0. The van der Waals surface area contributed by atoms with E-state index in [9.17, 15) is 0 Å². The van der Waals surface area contributed by atoms with Crippen LogP contribution in [-0.4, -0.2) is 18.9 Å². The van der Waals surface area contributed by atoms with Crippen LogP contribution >= 0.6 is 0 Å². The van der Waals surface area contributed by atoms with Crippen molar-refractivity contribution in [1.82, 2.24) is 4.98 Å². The van der Waals surface area contributed by atoms with Crippen LogP contribution in [0, 0.1) is 0 Å². The van der Waals surface area contributed by atoms with E-state index in [0.717, 1.165) is 11.1 Å². The van der Waals surface area contributed by atoms with Gasteiger partial charge in [-0.05, 0) is 36.8 Å². The number of pyridine rings is 1. The summed E-state index contributed by atoms with van der Waals surface area (Å²) in [4.78, 5) is 4.11. The maximum atomic E-state index is 5.73. The van der Waals surface area contributed by atoms with Crippen LogP contribution in [0.25, 0.3) is 10.8 Å². The summed E-state index contributed by atoms with van der Waals surface area (Å²) in [5.74, 6) is 0.950. The molecule has 0 N–H and O–H groups in total. The third kappa shape index (κ3) is 2.12. The summed E-state index contributed by atoms with van der Waals surface area (Å²) >= 11 is 0. The fourth-order valence-electron chi connectivity index (χ4n) is 1.61. The van der Waals surface area contributed by atoms with Crippen molar-refractivity contribution in [3.8, 4) is 5.75 Å². The number of rotatable bonds is 2. The predicted octanol–water partition coefficient (Wildman–Crippen LogP) is 1.28. The van der Waals surface area contributed by atoms with Gasteiger partial charge in [0.2, 0.25) is 0 Å². The first-order valence-electron chi connectivity index (χ1n) is 5.18. The van der Waals surface area contributed by atoms with Crippen molar-refractivity contribution in [3.05, 3.63) is 30.6 Å². The molecule has 1 aromatic carbocycles. The average molecular weight is 199 g/mol. The van der Waals surface area contributed by atoms with Gasteiger partial charge in [-0.15, -0.1) is 0 Å². The lowest BCUT2D eigenvalue weighted by Gasteiger charge is -2.13. The molecule has 0 saturated heterocycles. The van der Waals surface area contributed by atoms with Crippen LogP contribution < -0.4 is 10.2 Å². The summed E-state index contributed by atoms with van der Waals surface area (Å²) in [7, 11) is 2.07. The van der Waals surface area contributed by atoms with Crippen LogP contribution in [0.4, 0.5) is 0 Å². The van der Waals surface area contributed by atoms with Crippen LogP contribution in [0.5, 0.6) is 5.75 Å². The fraction of sp³-hybridized carbons (Fsp3) is 0.250. The Hall–Kier alpha value is -1.51. The molecule has 0 aliphatic heterocycles. The first-order chi connectivity index (χ1) is 7.16. The molecule has 1 aromatic heterocycles. The Labute approximate surface area is 90.7 Å². The van der Waals surface area contributed by atoms with Crippen molar-refractivity contribution in [3.63, 3.8) is 0 Å². The van der Waals surface area contributed by atoms with Gasteiger partial charge in [0.25, 0.3) is 0 Å². The molecule has 76 valence electrons. The SMILES string of the molecule is Bc1cc2ccncc2cc1OC(C)C. The molecule has 15 heavy (non-hydrogen) atoms. The van der Waals surface area contributed by atoms with Crippen molar-refractivity contribution in [2.75, 3.05) is 0 Å². The summed E-state index contributed by atoms with van der Waals surface area (Å²) in [5.41, 5.74) is 1.17. The van der Waals surface area contributed by atoms with Gasteiger partial charge in [-0.2, -0.15) is 0 Å². The number of ether oxygens (including phenoxy) is 1. The highest BCUT2D eigenvalue weighted by atomic mass is 16.5. The highest BCUT2D eigenvalue weighted by molar-refractivity contribution is 6.35. The molecule has 0 radical (unpaired) electrons. The number of fused-ring (bicyclic) bond motifs is 1. The van der Waals surface area contributed by atoms with Crippen molar-refractivity contribution in [1.29, 1.82) is 0 Å². The van der Waals surface area contributed by atoms with E-state index >= 15 is 0 Å². The van der Waals surface area contributed by atoms with E-state index in [2.05, 4.69) is 25.0 Å². The fourth-order valence-corrected chi connectivity index (χ4v) is 1.61. The number of nitrogens with zero attached hydrogens (tertiary/aromatic N) is 1. The van der Waals surface area contributed by atoms with Gasteiger partial charge < -0.3 is 4.74 Å². The van der Waals surface area contributed by atoms with Crippen LogP contribution in [0.15, 0.2) is 30.6 Å². The largest absolute Gasteiger partial charge is 0.492 e. The Morgan fingerprint density at radius 1 is 1.27 bits per heavy atom. The third-order valence-electron chi connectivity index (χ3n) is 2.30. The smallest absolute Gasteiger partial charge is 0.144 e. The minimum atomic E-state index is 0.206. The molecule has 0 aliphatic carbocycles. The van der Waals surface area contributed by atoms with Crippen molar-refractivity contribution >= 4 is 24.1 Å². The molecule has 2 nitrogen and oxygen atoms in total. The second-order valence-electron chi connectivity index (χ2n) is 4.01. The van der Waals surface area contributed by atoms with Crippen LogP contribution in [0.3, 0.4) is 0 Å². The molecule has 1 heterocycles. The molecular weight excluding hydrogens is 185 g/mol. The van der Waals surface area contributed by atoms with E-state index in [-0.39, 0.29) is 6.10 Å². The maximum Gasteiger partial charge on any atom is 0.144 e.